The molecule has 0 spiro atoms. The highest BCUT2D eigenvalue weighted by Crippen LogP contribution is 2.26. The first kappa shape index (κ1) is 14.0. The molecule has 1 saturated heterocycles. The number of ether oxygens (including phenoxy) is 1. The van der Waals surface area contributed by atoms with Crippen LogP contribution in [0, 0.1) is 6.92 Å². The van der Waals surface area contributed by atoms with Gasteiger partial charge in [0.05, 0.1) is 13.2 Å². The van der Waals surface area contributed by atoms with E-state index in [1.54, 1.807) is 0 Å². The molecule has 0 bridgehead atoms. The average Bonchev–Trinajstić information content (AvgIpc) is 3.31. The predicted octanol–water partition coefficient (Wildman–Crippen LogP) is -0.446. The SMILES string of the molecule is Cc1c(NN)ncnc1N1CCOCC1C(=O)NC1CC1. The first-order valence-corrected chi connectivity index (χ1v) is 7.13. The minimum absolute atomic E-state index is 0.00234. The van der Waals surface area contributed by atoms with E-state index in [1.807, 2.05) is 11.8 Å². The molecule has 2 aliphatic rings. The number of nitrogens with two attached hydrogens (primary N) is 1. The third-order valence-electron chi connectivity index (χ3n) is 3.82. The van der Waals surface area contributed by atoms with E-state index in [0.717, 1.165) is 24.2 Å². The van der Waals surface area contributed by atoms with E-state index in [2.05, 4.69) is 20.7 Å². The van der Waals surface area contributed by atoms with Gasteiger partial charge in [0, 0.05) is 18.2 Å². The first-order valence-electron chi connectivity index (χ1n) is 7.13. The Kier molecular flexibility index (Phi) is 3.89. The predicted molar refractivity (Wildman–Crippen MR) is 77.7 cm³/mol. The van der Waals surface area contributed by atoms with E-state index >= 15 is 0 Å². The quantitative estimate of drug-likeness (QED) is 0.510. The number of hydrazine groups is 1. The summed E-state index contributed by atoms with van der Waals surface area (Å²) in [7, 11) is 0. The fourth-order valence-electron chi connectivity index (χ4n) is 2.48. The number of aromatic nitrogens is 2. The molecule has 21 heavy (non-hydrogen) atoms. The van der Waals surface area contributed by atoms with E-state index in [9.17, 15) is 4.79 Å². The van der Waals surface area contributed by atoms with E-state index in [1.165, 1.54) is 6.33 Å². The van der Waals surface area contributed by atoms with Crippen LogP contribution in [-0.4, -0.2) is 47.7 Å². The van der Waals surface area contributed by atoms with Crippen molar-refractivity contribution in [1.29, 1.82) is 0 Å². The second kappa shape index (κ2) is 5.82. The van der Waals surface area contributed by atoms with Crippen LogP contribution in [0.25, 0.3) is 0 Å². The second-order valence-electron chi connectivity index (χ2n) is 5.38. The Morgan fingerprint density at radius 2 is 2.29 bits per heavy atom. The number of hydrogen-bond acceptors (Lipinski definition) is 7. The maximum absolute atomic E-state index is 12.4. The number of carbonyl (C=O) groups excluding carboxylic acids is 1. The number of anilines is 2. The van der Waals surface area contributed by atoms with Crippen molar-refractivity contribution in [3.05, 3.63) is 11.9 Å². The molecule has 1 atom stereocenters. The van der Waals surface area contributed by atoms with Gasteiger partial charge in [-0.25, -0.2) is 15.8 Å². The average molecular weight is 292 g/mol. The summed E-state index contributed by atoms with van der Waals surface area (Å²) < 4.78 is 5.47. The molecule has 0 radical (unpaired) electrons. The zero-order chi connectivity index (χ0) is 14.8. The molecule has 3 rings (SSSR count). The summed E-state index contributed by atoms with van der Waals surface area (Å²) >= 11 is 0. The van der Waals surface area contributed by atoms with Crippen LogP contribution >= 0.6 is 0 Å². The van der Waals surface area contributed by atoms with Crippen LogP contribution in [0.4, 0.5) is 11.6 Å². The maximum Gasteiger partial charge on any atom is 0.245 e. The van der Waals surface area contributed by atoms with Crippen molar-refractivity contribution in [3.8, 4) is 0 Å². The Balaban J connectivity index is 1.84. The summed E-state index contributed by atoms with van der Waals surface area (Å²) in [4.78, 5) is 22.7. The molecule has 1 aromatic rings. The Labute approximate surface area is 123 Å². The molecule has 1 unspecified atom stereocenters. The van der Waals surface area contributed by atoms with E-state index in [4.69, 9.17) is 10.6 Å². The monoisotopic (exact) mass is 292 g/mol. The summed E-state index contributed by atoms with van der Waals surface area (Å²) in [5, 5.41) is 3.03. The first-order chi connectivity index (χ1) is 10.2. The Bertz CT molecular complexity index is 533. The number of rotatable bonds is 4. The number of hydrogen-bond donors (Lipinski definition) is 3. The number of carbonyl (C=O) groups is 1. The van der Waals surface area contributed by atoms with Crippen molar-refractivity contribution in [3.63, 3.8) is 0 Å². The summed E-state index contributed by atoms with van der Waals surface area (Å²) in [6.45, 7) is 3.44. The van der Waals surface area contributed by atoms with Crippen molar-refractivity contribution in [1.82, 2.24) is 15.3 Å². The molecule has 4 N–H and O–H groups in total. The van der Waals surface area contributed by atoms with Crippen LogP contribution in [0.2, 0.25) is 0 Å². The van der Waals surface area contributed by atoms with Crippen molar-refractivity contribution in [2.75, 3.05) is 30.1 Å². The van der Waals surface area contributed by atoms with Gasteiger partial charge in [0.25, 0.3) is 0 Å². The lowest BCUT2D eigenvalue weighted by atomic mass is 10.1. The third-order valence-corrected chi connectivity index (χ3v) is 3.82. The highest BCUT2D eigenvalue weighted by molar-refractivity contribution is 5.86. The van der Waals surface area contributed by atoms with E-state index in [0.29, 0.717) is 31.6 Å². The van der Waals surface area contributed by atoms with Gasteiger partial charge in [0.15, 0.2) is 0 Å². The van der Waals surface area contributed by atoms with Crippen LogP contribution in [-0.2, 0) is 9.53 Å². The minimum atomic E-state index is -0.362. The highest BCUT2D eigenvalue weighted by atomic mass is 16.5. The lowest BCUT2D eigenvalue weighted by molar-refractivity contribution is -0.124. The molecule has 2 heterocycles. The summed E-state index contributed by atoms with van der Waals surface area (Å²) in [5.41, 5.74) is 3.38. The van der Waals surface area contributed by atoms with Gasteiger partial charge in [-0.3, -0.25) is 4.79 Å². The van der Waals surface area contributed by atoms with Gasteiger partial charge >= 0.3 is 0 Å². The number of nitrogens with zero attached hydrogens (tertiary/aromatic N) is 3. The van der Waals surface area contributed by atoms with Crippen molar-refractivity contribution >= 4 is 17.5 Å². The summed E-state index contributed by atoms with van der Waals surface area (Å²) in [6, 6.07) is -0.0346. The smallest absolute Gasteiger partial charge is 0.245 e. The number of nitrogen functional groups attached to an aromatic ring is 1. The van der Waals surface area contributed by atoms with Gasteiger partial charge in [-0.1, -0.05) is 0 Å². The Morgan fingerprint density at radius 3 is 3.00 bits per heavy atom. The van der Waals surface area contributed by atoms with Crippen LogP contribution in [0.1, 0.15) is 18.4 Å². The number of amides is 1. The van der Waals surface area contributed by atoms with Gasteiger partial charge < -0.3 is 20.4 Å². The largest absolute Gasteiger partial charge is 0.377 e. The second-order valence-corrected chi connectivity index (χ2v) is 5.38. The molecule has 0 aromatic carbocycles. The Morgan fingerprint density at radius 1 is 1.48 bits per heavy atom. The fraction of sp³-hybridized carbons (Fsp3) is 0.615. The van der Waals surface area contributed by atoms with Crippen LogP contribution in [0.15, 0.2) is 6.33 Å². The molecule has 1 saturated carbocycles. The molecule has 8 nitrogen and oxygen atoms in total. The number of nitrogens with one attached hydrogen (secondary N) is 2. The molecule has 1 amide bonds. The molecule has 8 heteroatoms. The van der Waals surface area contributed by atoms with Crippen LogP contribution < -0.4 is 21.5 Å². The topological polar surface area (TPSA) is 105 Å². The Hall–Kier alpha value is -1.93. The fourth-order valence-corrected chi connectivity index (χ4v) is 2.48. The molecule has 1 aromatic heterocycles. The lowest BCUT2D eigenvalue weighted by Gasteiger charge is -2.36. The van der Waals surface area contributed by atoms with E-state index in [-0.39, 0.29) is 11.9 Å². The van der Waals surface area contributed by atoms with Crippen LogP contribution in [0.3, 0.4) is 0 Å². The minimum Gasteiger partial charge on any atom is -0.377 e. The standard InChI is InChI=1S/C13H20N6O2/c1-8-11(18-14)15-7-16-12(8)19-4-5-21-6-10(19)13(20)17-9-2-3-9/h7,9-10H,2-6,14H2,1H3,(H,17,20)(H,15,16,18). The molecule has 114 valence electrons. The lowest BCUT2D eigenvalue weighted by Crippen LogP contribution is -2.55. The number of morpholine rings is 1. The van der Waals surface area contributed by atoms with Gasteiger partial charge in [-0.2, -0.15) is 0 Å². The van der Waals surface area contributed by atoms with Gasteiger partial charge in [-0.15, -0.1) is 0 Å². The van der Waals surface area contributed by atoms with Crippen LogP contribution in [0.5, 0.6) is 0 Å². The molecule has 2 fully saturated rings. The molecule has 1 aliphatic carbocycles. The summed E-state index contributed by atoms with van der Waals surface area (Å²) in [6.07, 6.45) is 3.57. The third kappa shape index (κ3) is 2.91. The van der Waals surface area contributed by atoms with Gasteiger partial charge in [0.2, 0.25) is 5.91 Å². The zero-order valence-electron chi connectivity index (χ0n) is 12.0. The molecular formula is C13H20N6O2. The van der Waals surface area contributed by atoms with Crippen molar-refractivity contribution in [2.45, 2.75) is 31.8 Å². The van der Waals surface area contributed by atoms with Crippen molar-refractivity contribution < 1.29 is 9.53 Å². The zero-order valence-corrected chi connectivity index (χ0v) is 12.0. The van der Waals surface area contributed by atoms with Gasteiger partial charge in [0.1, 0.15) is 24.0 Å². The summed E-state index contributed by atoms with van der Waals surface area (Å²) in [5.74, 6) is 6.74. The molecular weight excluding hydrogens is 272 g/mol. The van der Waals surface area contributed by atoms with E-state index < -0.39 is 0 Å². The normalized spacial score (nSPS) is 22.0. The van der Waals surface area contributed by atoms with Gasteiger partial charge in [-0.05, 0) is 19.8 Å². The highest BCUT2D eigenvalue weighted by Gasteiger charge is 2.34. The maximum atomic E-state index is 12.4. The van der Waals surface area contributed by atoms with Crippen molar-refractivity contribution in [2.24, 2.45) is 5.84 Å². The molecule has 1 aliphatic heterocycles.